The molecule has 0 fully saturated rings. The summed E-state index contributed by atoms with van der Waals surface area (Å²) in [5, 5.41) is -0.804. The van der Waals surface area contributed by atoms with Crippen LogP contribution in [-0.4, -0.2) is 4.98 Å². The van der Waals surface area contributed by atoms with Crippen molar-refractivity contribution in [1.29, 1.82) is 0 Å². The fourth-order valence-electron chi connectivity index (χ4n) is 3.23. The van der Waals surface area contributed by atoms with Gasteiger partial charge in [-0.15, -0.1) is 11.8 Å². The highest BCUT2D eigenvalue weighted by atomic mass is 32.2. The molecule has 2 N–H and O–H groups in total. The zero-order valence-corrected chi connectivity index (χ0v) is 18.3. The highest BCUT2D eigenvalue weighted by molar-refractivity contribution is 7.99. The molecule has 0 aliphatic carbocycles. The minimum atomic E-state index is -0.981. The van der Waals surface area contributed by atoms with Crippen LogP contribution < -0.4 is 10.7 Å². The lowest BCUT2D eigenvalue weighted by Gasteiger charge is -2.22. The molecule has 0 amide bonds. The molecule has 2 aromatic carbocycles. The summed E-state index contributed by atoms with van der Waals surface area (Å²) in [4.78, 5) is 8.99. The van der Waals surface area contributed by atoms with Gasteiger partial charge in [-0.05, 0) is 61.7 Å². The van der Waals surface area contributed by atoms with Gasteiger partial charge in [-0.25, -0.2) is 8.78 Å². The number of aromatic nitrogens is 1. The Morgan fingerprint density at radius 2 is 1.81 bits per heavy atom. The molecule has 3 aromatic rings. The largest absolute Gasteiger partial charge is 0.397 e. The molecule has 0 aliphatic heterocycles. The van der Waals surface area contributed by atoms with E-state index in [1.165, 1.54) is 11.8 Å². The van der Waals surface area contributed by atoms with Crippen LogP contribution in [0, 0.1) is 25.5 Å². The number of hydrogen-bond donors (Lipinski definition) is 1. The van der Waals surface area contributed by atoms with Crippen LogP contribution in [-0.2, 0) is 0 Å². The van der Waals surface area contributed by atoms with Gasteiger partial charge in [0.2, 0.25) is 5.75 Å². The van der Waals surface area contributed by atoms with E-state index in [4.69, 9.17) is 5.73 Å². The molecule has 0 saturated heterocycles. The summed E-state index contributed by atoms with van der Waals surface area (Å²) in [6, 6.07) is 11.2. The third kappa shape index (κ3) is 5.05. The van der Waals surface area contributed by atoms with Crippen LogP contribution in [0.15, 0.2) is 59.6 Å². The lowest BCUT2D eigenvalue weighted by molar-refractivity contribution is -0.0122. The number of nitrogens with two attached hydrogens (primary N) is 1. The molecule has 1 aromatic heterocycles. The van der Waals surface area contributed by atoms with Gasteiger partial charge in [0.05, 0.1) is 22.2 Å². The van der Waals surface area contributed by atoms with Crippen molar-refractivity contribution in [1.82, 2.24) is 4.98 Å². The summed E-state index contributed by atoms with van der Waals surface area (Å²) in [6.45, 7) is 5.75. The maximum absolute atomic E-state index is 14.9. The molecule has 0 spiro atoms. The van der Waals surface area contributed by atoms with E-state index in [1.54, 1.807) is 12.3 Å². The number of nitrogens with zero attached hydrogens (tertiary/aromatic N) is 1. The number of pyridine rings is 1. The SMILES string of the molecule is CC/C=C(/N)c1cc(C)c(C(Sc2ccc(C)cc2)c2c(F)ccc(F)c2OF)cn1. The van der Waals surface area contributed by atoms with Gasteiger partial charge in [-0.1, -0.05) is 30.7 Å². The van der Waals surface area contributed by atoms with E-state index in [0.29, 0.717) is 17.0 Å². The second kappa shape index (κ2) is 9.92. The minimum absolute atomic E-state index is 0.220. The summed E-state index contributed by atoms with van der Waals surface area (Å²) < 4.78 is 42.5. The van der Waals surface area contributed by atoms with Gasteiger partial charge in [-0.3, -0.25) is 9.93 Å². The Kier molecular flexibility index (Phi) is 7.28. The van der Waals surface area contributed by atoms with Crippen molar-refractivity contribution in [3.05, 3.63) is 94.3 Å². The molecule has 0 radical (unpaired) electrons. The topological polar surface area (TPSA) is 48.1 Å². The summed E-state index contributed by atoms with van der Waals surface area (Å²) >= 11 is 1.26. The number of hydrogen-bond acceptors (Lipinski definition) is 4. The first-order valence-electron chi connectivity index (χ1n) is 9.78. The molecule has 1 heterocycles. The first kappa shape index (κ1) is 22.7. The third-order valence-electron chi connectivity index (χ3n) is 4.86. The number of allylic oxidation sites excluding steroid dienone is 1. The van der Waals surface area contributed by atoms with Crippen LogP contribution >= 0.6 is 11.8 Å². The molecule has 0 saturated carbocycles. The van der Waals surface area contributed by atoms with Gasteiger partial charge in [0.25, 0.3) is 0 Å². The van der Waals surface area contributed by atoms with E-state index in [0.717, 1.165) is 34.6 Å². The van der Waals surface area contributed by atoms with Crippen molar-refractivity contribution < 1.29 is 18.2 Å². The Balaban J connectivity index is 2.17. The molecule has 162 valence electrons. The smallest absolute Gasteiger partial charge is 0.215 e. The van der Waals surface area contributed by atoms with Gasteiger partial charge >= 0.3 is 0 Å². The average Bonchev–Trinajstić information content (AvgIpc) is 2.75. The normalized spacial score (nSPS) is 12.6. The van der Waals surface area contributed by atoms with E-state index in [1.807, 2.05) is 51.1 Å². The molecule has 0 aliphatic rings. The van der Waals surface area contributed by atoms with Crippen LogP contribution in [0.4, 0.5) is 13.3 Å². The van der Waals surface area contributed by atoms with Crippen molar-refractivity contribution in [3.63, 3.8) is 0 Å². The number of rotatable bonds is 7. The second-order valence-corrected chi connectivity index (χ2v) is 8.33. The van der Waals surface area contributed by atoms with Gasteiger partial charge in [-0.2, -0.15) is 0 Å². The lowest BCUT2D eigenvalue weighted by Crippen LogP contribution is -2.08. The van der Waals surface area contributed by atoms with Crippen LogP contribution in [0.25, 0.3) is 5.70 Å². The van der Waals surface area contributed by atoms with Gasteiger partial charge in [0, 0.05) is 15.6 Å². The van der Waals surface area contributed by atoms with Crippen molar-refractivity contribution in [2.24, 2.45) is 5.73 Å². The molecule has 0 bridgehead atoms. The van der Waals surface area contributed by atoms with E-state index in [9.17, 15) is 13.3 Å². The van der Waals surface area contributed by atoms with Gasteiger partial charge in [0.1, 0.15) is 5.82 Å². The zero-order chi connectivity index (χ0) is 22.5. The summed E-state index contributed by atoms with van der Waals surface area (Å²) in [7, 11) is 0. The Morgan fingerprint density at radius 3 is 2.42 bits per heavy atom. The molecule has 7 heteroatoms. The first-order chi connectivity index (χ1) is 14.8. The predicted molar refractivity (Wildman–Crippen MR) is 118 cm³/mol. The summed E-state index contributed by atoms with van der Waals surface area (Å²) in [6.07, 6.45) is 4.17. The number of halogens is 3. The van der Waals surface area contributed by atoms with E-state index in [2.05, 4.69) is 9.93 Å². The monoisotopic (exact) mass is 444 g/mol. The van der Waals surface area contributed by atoms with Gasteiger partial charge < -0.3 is 5.73 Å². The average molecular weight is 445 g/mol. The quantitative estimate of drug-likeness (QED) is 0.406. The van der Waals surface area contributed by atoms with Crippen LogP contribution in [0.1, 0.15) is 46.5 Å². The zero-order valence-electron chi connectivity index (χ0n) is 17.5. The Hall–Kier alpha value is -2.93. The van der Waals surface area contributed by atoms with Gasteiger partial charge in [0.15, 0.2) is 5.82 Å². The Labute approximate surface area is 184 Å². The standard InChI is InChI=1S/C24H23F3N2OS/c1-4-5-20(28)21-12-15(3)17(13-29-21)24(31-16-8-6-14(2)7-9-16)22-18(25)10-11-19(26)23(22)30-27/h5-13,24H,4,28H2,1-3H3/b20-5+. The van der Waals surface area contributed by atoms with E-state index in [-0.39, 0.29) is 5.56 Å². The van der Waals surface area contributed by atoms with Crippen molar-refractivity contribution in [2.75, 3.05) is 0 Å². The van der Waals surface area contributed by atoms with E-state index < -0.39 is 22.6 Å². The molecular weight excluding hydrogens is 421 g/mol. The highest BCUT2D eigenvalue weighted by Gasteiger charge is 2.29. The van der Waals surface area contributed by atoms with Crippen LogP contribution in [0.5, 0.6) is 5.75 Å². The van der Waals surface area contributed by atoms with E-state index >= 15 is 0 Å². The summed E-state index contributed by atoms with van der Waals surface area (Å²) in [5.41, 5.74) is 9.37. The molecule has 3 nitrogen and oxygen atoms in total. The minimum Gasteiger partial charge on any atom is -0.397 e. The van der Waals surface area contributed by atoms with Crippen LogP contribution in [0.2, 0.25) is 0 Å². The van der Waals surface area contributed by atoms with Crippen LogP contribution in [0.3, 0.4) is 0 Å². The van der Waals surface area contributed by atoms with Crippen molar-refractivity contribution >= 4 is 17.5 Å². The fourth-order valence-corrected chi connectivity index (χ4v) is 4.50. The maximum Gasteiger partial charge on any atom is 0.215 e. The second-order valence-electron chi connectivity index (χ2n) is 7.15. The Morgan fingerprint density at radius 1 is 1.13 bits per heavy atom. The fraction of sp³-hybridized carbons (Fsp3) is 0.208. The summed E-state index contributed by atoms with van der Waals surface area (Å²) in [5.74, 6) is -2.52. The molecule has 1 unspecified atom stereocenters. The Bertz CT molecular complexity index is 1100. The molecule has 1 atom stereocenters. The number of benzene rings is 2. The molecule has 3 rings (SSSR count). The molecule has 31 heavy (non-hydrogen) atoms. The number of aryl methyl sites for hydroxylation is 2. The maximum atomic E-state index is 14.9. The lowest BCUT2D eigenvalue weighted by atomic mass is 9.99. The van der Waals surface area contributed by atoms with Crippen molar-refractivity contribution in [2.45, 2.75) is 37.3 Å². The molecular formula is C24H23F3N2OS. The highest BCUT2D eigenvalue weighted by Crippen LogP contribution is 2.46. The first-order valence-corrected chi connectivity index (χ1v) is 10.7. The number of thioether (sulfide) groups is 1. The third-order valence-corrected chi connectivity index (χ3v) is 6.13. The predicted octanol–water partition coefficient (Wildman–Crippen LogP) is 6.83. The van der Waals surface area contributed by atoms with Crippen molar-refractivity contribution in [3.8, 4) is 5.75 Å².